The van der Waals surface area contributed by atoms with Crippen LogP contribution in [0, 0.1) is 24.4 Å². The van der Waals surface area contributed by atoms with Crippen molar-refractivity contribution in [2.45, 2.75) is 20.3 Å². The van der Waals surface area contributed by atoms with Crippen molar-refractivity contribution in [1.82, 2.24) is 9.97 Å². The number of hydrogen-bond donors (Lipinski definition) is 1. The fourth-order valence-corrected chi connectivity index (χ4v) is 1.94. The molecule has 0 atom stereocenters. The van der Waals surface area contributed by atoms with Gasteiger partial charge in [-0.2, -0.15) is 0 Å². The van der Waals surface area contributed by atoms with E-state index in [0.29, 0.717) is 29.3 Å². The van der Waals surface area contributed by atoms with Gasteiger partial charge in [-0.25, -0.2) is 23.1 Å². The molecule has 0 saturated heterocycles. The van der Waals surface area contributed by atoms with Gasteiger partial charge in [-0.1, -0.05) is 6.92 Å². The minimum absolute atomic E-state index is 0.188. The lowest BCUT2D eigenvalue weighted by Gasteiger charge is -2.12. The van der Waals surface area contributed by atoms with E-state index in [-0.39, 0.29) is 5.56 Å². The number of anilines is 1. The first-order valence-corrected chi connectivity index (χ1v) is 6.18. The van der Waals surface area contributed by atoms with Crippen molar-refractivity contribution in [3.8, 4) is 11.3 Å². The summed E-state index contributed by atoms with van der Waals surface area (Å²) in [5.74, 6) is -2.83. The zero-order chi connectivity index (χ0) is 14.9. The third kappa shape index (κ3) is 2.45. The zero-order valence-electron chi connectivity index (χ0n) is 11.4. The predicted octanol–water partition coefficient (Wildman–Crippen LogP) is 3.47. The maximum atomic E-state index is 13.3. The monoisotopic (exact) mass is 281 g/mol. The summed E-state index contributed by atoms with van der Waals surface area (Å²) < 4.78 is 39.7. The van der Waals surface area contributed by atoms with E-state index in [1.54, 1.807) is 14.0 Å². The molecule has 6 heteroatoms. The maximum absolute atomic E-state index is 13.3. The minimum Gasteiger partial charge on any atom is -0.373 e. The number of nitrogens with zero attached hydrogens (tertiary/aromatic N) is 2. The standard InChI is InChI=1S/C14H14F3N3/c1-4-11-19-13(7(2)14(18-3)20-11)8-5-9(15)12(17)10(16)6-8/h5-6H,4H2,1-3H3,(H,18,19,20). The van der Waals surface area contributed by atoms with Crippen molar-refractivity contribution >= 4 is 5.82 Å². The van der Waals surface area contributed by atoms with Gasteiger partial charge in [0.2, 0.25) is 0 Å². The van der Waals surface area contributed by atoms with Gasteiger partial charge < -0.3 is 5.32 Å². The molecule has 20 heavy (non-hydrogen) atoms. The van der Waals surface area contributed by atoms with Crippen molar-refractivity contribution in [2.24, 2.45) is 0 Å². The average molecular weight is 281 g/mol. The van der Waals surface area contributed by atoms with Crippen LogP contribution in [0.5, 0.6) is 0 Å². The van der Waals surface area contributed by atoms with E-state index in [1.807, 2.05) is 6.92 Å². The molecule has 1 aromatic carbocycles. The number of hydrogen-bond acceptors (Lipinski definition) is 3. The number of rotatable bonds is 3. The predicted molar refractivity (Wildman–Crippen MR) is 71.0 cm³/mol. The topological polar surface area (TPSA) is 37.8 Å². The first-order valence-electron chi connectivity index (χ1n) is 6.18. The molecule has 0 bridgehead atoms. The van der Waals surface area contributed by atoms with Gasteiger partial charge in [0.05, 0.1) is 5.69 Å². The Morgan fingerprint density at radius 2 is 1.70 bits per heavy atom. The second-order valence-corrected chi connectivity index (χ2v) is 4.32. The molecule has 1 aromatic heterocycles. The highest BCUT2D eigenvalue weighted by Crippen LogP contribution is 2.28. The van der Waals surface area contributed by atoms with Crippen LogP contribution in [0.3, 0.4) is 0 Å². The van der Waals surface area contributed by atoms with Gasteiger partial charge in [0.15, 0.2) is 17.5 Å². The molecule has 0 aliphatic heterocycles. The lowest BCUT2D eigenvalue weighted by molar-refractivity contribution is 0.447. The second kappa shape index (κ2) is 5.48. The van der Waals surface area contributed by atoms with E-state index in [0.717, 1.165) is 12.1 Å². The molecule has 0 unspecified atom stereocenters. The smallest absolute Gasteiger partial charge is 0.194 e. The Morgan fingerprint density at radius 1 is 1.10 bits per heavy atom. The van der Waals surface area contributed by atoms with Crippen molar-refractivity contribution in [3.63, 3.8) is 0 Å². The van der Waals surface area contributed by atoms with Crippen LogP contribution in [0.15, 0.2) is 12.1 Å². The van der Waals surface area contributed by atoms with Crippen molar-refractivity contribution < 1.29 is 13.2 Å². The van der Waals surface area contributed by atoms with Crippen LogP contribution in [0.25, 0.3) is 11.3 Å². The molecular weight excluding hydrogens is 267 g/mol. The molecule has 2 aromatic rings. The van der Waals surface area contributed by atoms with E-state index in [1.165, 1.54) is 0 Å². The molecule has 0 radical (unpaired) electrons. The van der Waals surface area contributed by atoms with E-state index in [4.69, 9.17) is 0 Å². The van der Waals surface area contributed by atoms with E-state index in [9.17, 15) is 13.2 Å². The normalized spacial score (nSPS) is 10.7. The molecule has 0 aliphatic rings. The maximum Gasteiger partial charge on any atom is 0.194 e. The summed E-state index contributed by atoms with van der Waals surface area (Å²) >= 11 is 0. The van der Waals surface area contributed by atoms with E-state index in [2.05, 4.69) is 15.3 Å². The summed E-state index contributed by atoms with van der Waals surface area (Å²) in [5.41, 5.74) is 1.22. The highest BCUT2D eigenvalue weighted by Gasteiger charge is 2.16. The summed E-state index contributed by atoms with van der Waals surface area (Å²) in [6.07, 6.45) is 0.577. The number of aryl methyl sites for hydroxylation is 1. The number of nitrogens with one attached hydrogen (secondary N) is 1. The lowest BCUT2D eigenvalue weighted by Crippen LogP contribution is -2.05. The average Bonchev–Trinajstić information content (AvgIpc) is 2.44. The van der Waals surface area contributed by atoms with Gasteiger partial charge in [0.25, 0.3) is 0 Å². The summed E-state index contributed by atoms with van der Waals surface area (Å²) in [6.45, 7) is 3.61. The van der Waals surface area contributed by atoms with Crippen LogP contribution >= 0.6 is 0 Å². The third-order valence-corrected chi connectivity index (χ3v) is 3.00. The number of aromatic nitrogens is 2. The largest absolute Gasteiger partial charge is 0.373 e. The molecule has 1 N–H and O–H groups in total. The molecule has 0 spiro atoms. The Balaban J connectivity index is 2.68. The molecule has 0 fully saturated rings. The zero-order valence-corrected chi connectivity index (χ0v) is 11.4. The van der Waals surface area contributed by atoms with Crippen LogP contribution in [0.2, 0.25) is 0 Å². The molecule has 106 valence electrons. The van der Waals surface area contributed by atoms with Gasteiger partial charge >= 0.3 is 0 Å². The van der Waals surface area contributed by atoms with Crippen LogP contribution < -0.4 is 5.32 Å². The highest BCUT2D eigenvalue weighted by atomic mass is 19.2. The Labute approximate surface area is 114 Å². The highest BCUT2D eigenvalue weighted by molar-refractivity contribution is 5.68. The van der Waals surface area contributed by atoms with Gasteiger partial charge in [0.1, 0.15) is 11.6 Å². The fourth-order valence-electron chi connectivity index (χ4n) is 1.94. The van der Waals surface area contributed by atoms with E-state index < -0.39 is 17.5 Å². The Bertz CT molecular complexity index is 633. The van der Waals surface area contributed by atoms with Gasteiger partial charge in [-0.15, -0.1) is 0 Å². The van der Waals surface area contributed by atoms with Gasteiger partial charge in [-0.3, -0.25) is 0 Å². The van der Waals surface area contributed by atoms with Crippen LogP contribution in [0.1, 0.15) is 18.3 Å². The van der Waals surface area contributed by atoms with Crippen molar-refractivity contribution in [2.75, 3.05) is 12.4 Å². The van der Waals surface area contributed by atoms with E-state index >= 15 is 0 Å². The number of benzene rings is 1. The fraction of sp³-hybridized carbons (Fsp3) is 0.286. The Morgan fingerprint density at radius 3 is 2.20 bits per heavy atom. The van der Waals surface area contributed by atoms with Crippen molar-refractivity contribution in [3.05, 3.63) is 41.0 Å². The van der Waals surface area contributed by atoms with Crippen LogP contribution in [-0.4, -0.2) is 17.0 Å². The summed E-state index contributed by atoms with van der Waals surface area (Å²) in [5, 5.41) is 2.91. The molecule has 0 aliphatic carbocycles. The SMILES string of the molecule is CCc1nc(NC)c(C)c(-c2cc(F)c(F)c(F)c2)n1. The Kier molecular flexibility index (Phi) is 3.92. The van der Waals surface area contributed by atoms with Gasteiger partial charge in [-0.05, 0) is 19.1 Å². The third-order valence-electron chi connectivity index (χ3n) is 3.00. The molecule has 2 rings (SSSR count). The lowest BCUT2D eigenvalue weighted by atomic mass is 10.1. The molecular formula is C14H14F3N3. The Hall–Kier alpha value is -2.11. The molecule has 3 nitrogen and oxygen atoms in total. The number of halogens is 3. The summed E-state index contributed by atoms with van der Waals surface area (Å²) in [7, 11) is 1.70. The minimum atomic E-state index is -1.48. The first-order chi connectivity index (χ1) is 9.47. The molecule has 0 saturated carbocycles. The quantitative estimate of drug-likeness (QED) is 0.875. The molecule has 0 amide bonds. The first kappa shape index (κ1) is 14.3. The van der Waals surface area contributed by atoms with Crippen LogP contribution in [-0.2, 0) is 6.42 Å². The molecule has 1 heterocycles. The van der Waals surface area contributed by atoms with Crippen LogP contribution in [0.4, 0.5) is 19.0 Å². The van der Waals surface area contributed by atoms with Gasteiger partial charge in [0, 0.05) is 24.6 Å². The second-order valence-electron chi connectivity index (χ2n) is 4.32. The van der Waals surface area contributed by atoms with Crippen molar-refractivity contribution in [1.29, 1.82) is 0 Å². The summed E-state index contributed by atoms with van der Waals surface area (Å²) in [4.78, 5) is 8.55. The summed E-state index contributed by atoms with van der Waals surface area (Å²) in [6, 6.07) is 1.87.